The lowest BCUT2D eigenvalue weighted by atomic mass is 10.1. The first kappa shape index (κ1) is 16.8. The van der Waals surface area contributed by atoms with E-state index in [1.807, 2.05) is 18.3 Å². The van der Waals surface area contributed by atoms with Gasteiger partial charge in [-0.25, -0.2) is 4.98 Å². The zero-order chi connectivity index (χ0) is 14.7. The summed E-state index contributed by atoms with van der Waals surface area (Å²) >= 11 is 0. The Bertz CT molecular complexity index is 621. The number of hydrogen-bond donors (Lipinski definition) is 2. The van der Waals surface area contributed by atoms with Crippen LogP contribution >= 0.6 is 12.4 Å². The lowest BCUT2D eigenvalue weighted by molar-refractivity contribution is -0.132. The number of aromatic amines is 1. The summed E-state index contributed by atoms with van der Waals surface area (Å²) in [6.45, 7) is 4.89. The monoisotopic (exact) mass is 322 g/mol. The third-order valence-electron chi connectivity index (χ3n) is 4.14. The molecule has 22 heavy (non-hydrogen) atoms. The average molecular weight is 323 g/mol. The molecule has 0 saturated carbocycles. The van der Waals surface area contributed by atoms with Crippen molar-refractivity contribution in [2.75, 3.05) is 19.6 Å². The van der Waals surface area contributed by atoms with Gasteiger partial charge in [0.2, 0.25) is 5.91 Å². The molecule has 2 N–H and O–H groups in total. The maximum atomic E-state index is 12.7. The van der Waals surface area contributed by atoms with Crippen LogP contribution in [0.3, 0.4) is 0 Å². The van der Waals surface area contributed by atoms with Crippen molar-refractivity contribution >= 4 is 29.3 Å². The molecular weight excluding hydrogens is 300 g/mol. The predicted molar refractivity (Wildman–Crippen MR) is 90.3 cm³/mol. The largest absolute Gasteiger partial charge is 0.346 e. The number of aromatic nitrogens is 2. The van der Waals surface area contributed by atoms with Crippen LogP contribution in [0.2, 0.25) is 0 Å². The number of carbonyl (C=O) groups is 1. The Morgan fingerprint density at radius 3 is 3.09 bits per heavy atom. The van der Waals surface area contributed by atoms with Gasteiger partial charge in [0.25, 0.3) is 0 Å². The molecule has 1 atom stereocenters. The molecule has 2 aromatic rings. The van der Waals surface area contributed by atoms with Crippen molar-refractivity contribution < 1.29 is 4.79 Å². The Morgan fingerprint density at radius 2 is 2.36 bits per heavy atom. The van der Waals surface area contributed by atoms with Crippen LogP contribution in [0.15, 0.2) is 24.5 Å². The Balaban J connectivity index is 0.00000176. The highest BCUT2D eigenvalue weighted by atomic mass is 35.5. The summed E-state index contributed by atoms with van der Waals surface area (Å²) in [5, 5.41) is 4.39. The van der Waals surface area contributed by atoms with Crippen molar-refractivity contribution in [3.05, 3.63) is 30.1 Å². The van der Waals surface area contributed by atoms with E-state index in [4.69, 9.17) is 0 Å². The van der Waals surface area contributed by atoms with E-state index in [0.717, 1.165) is 49.1 Å². The third kappa shape index (κ3) is 3.42. The number of H-pyrrole nitrogens is 1. The van der Waals surface area contributed by atoms with Gasteiger partial charge in [-0.2, -0.15) is 0 Å². The van der Waals surface area contributed by atoms with E-state index in [9.17, 15) is 4.79 Å². The van der Waals surface area contributed by atoms with E-state index in [0.29, 0.717) is 12.5 Å². The summed E-state index contributed by atoms with van der Waals surface area (Å²) < 4.78 is 0. The van der Waals surface area contributed by atoms with Gasteiger partial charge < -0.3 is 15.2 Å². The molecule has 3 rings (SSSR count). The molecule has 6 heteroatoms. The minimum Gasteiger partial charge on any atom is -0.346 e. The normalized spacial score (nSPS) is 17.4. The maximum Gasteiger partial charge on any atom is 0.227 e. The van der Waals surface area contributed by atoms with E-state index < -0.39 is 0 Å². The Hall–Kier alpha value is -1.59. The third-order valence-corrected chi connectivity index (χ3v) is 4.14. The number of halogens is 1. The molecule has 1 saturated heterocycles. The first-order valence-electron chi connectivity index (χ1n) is 7.70. The van der Waals surface area contributed by atoms with Gasteiger partial charge >= 0.3 is 0 Å². The molecule has 1 aliphatic rings. The minimum absolute atomic E-state index is 0. The lowest BCUT2D eigenvalue weighted by Crippen LogP contribution is -2.42. The standard InChI is InChI=1S/C16H22N4O.ClH/c1-2-8-20(13-5-7-17-11-13)15(21)9-12-10-19-16-14(12)4-3-6-18-16;/h3-4,6,10,13,17H,2,5,7-9,11H2,1H3,(H,18,19);1H. The fraction of sp³-hybridized carbons (Fsp3) is 0.500. The lowest BCUT2D eigenvalue weighted by Gasteiger charge is -2.28. The highest BCUT2D eigenvalue weighted by molar-refractivity contribution is 5.87. The average Bonchev–Trinajstić information content (AvgIpc) is 3.15. The summed E-state index contributed by atoms with van der Waals surface area (Å²) in [4.78, 5) is 22.2. The predicted octanol–water partition coefficient (Wildman–Crippen LogP) is 2.13. The summed E-state index contributed by atoms with van der Waals surface area (Å²) in [5.74, 6) is 0.218. The van der Waals surface area contributed by atoms with Gasteiger partial charge in [-0.05, 0) is 37.1 Å². The molecule has 1 amide bonds. The Morgan fingerprint density at radius 1 is 1.50 bits per heavy atom. The van der Waals surface area contributed by atoms with Crippen LogP contribution in [0.1, 0.15) is 25.3 Å². The van der Waals surface area contributed by atoms with Crippen molar-refractivity contribution in [3.8, 4) is 0 Å². The zero-order valence-electron chi connectivity index (χ0n) is 12.8. The van der Waals surface area contributed by atoms with Crippen molar-refractivity contribution in [3.63, 3.8) is 0 Å². The first-order valence-corrected chi connectivity index (χ1v) is 7.70. The SMILES string of the molecule is CCCN(C(=O)Cc1c[nH]c2ncccc12)C1CCNC1.Cl. The topological polar surface area (TPSA) is 61.0 Å². The maximum absolute atomic E-state index is 12.7. The van der Waals surface area contributed by atoms with E-state index >= 15 is 0 Å². The number of hydrogen-bond acceptors (Lipinski definition) is 3. The van der Waals surface area contributed by atoms with Crippen molar-refractivity contribution in [2.45, 2.75) is 32.2 Å². The van der Waals surface area contributed by atoms with Gasteiger partial charge in [-0.3, -0.25) is 4.79 Å². The van der Waals surface area contributed by atoms with E-state index in [2.05, 4.69) is 27.1 Å². The second kappa shape index (κ2) is 7.61. The first-order chi connectivity index (χ1) is 10.3. The number of carbonyl (C=O) groups excluding carboxylic acids is 1. The number of fused-ring (bicyclic) bond motifs is 1. The van der Waals surface area contributed by atoms with Crippen LogP contribution in [0.25, 0.3) is 11.0 Å². The summed E-state index contributed by atoms with van der Waals surface area (Å²) in [7, 11) is 0. The zero-order valence-corrected chi connectivity index (χ0v) is 13.7. The molecule has 0 aromatic carbocycles. The van der Waals surface area contributed by atoms with E-state index in [1.165, 1.54) is 0 Å². The quantitative estimate of drug-likeness (QED) is 0.886. The number of nitrogens with one attached hydrogen (secondary N) is 2. The van der Waals surface area contributed by atoms with Crippen LogP contribution in [-0.4, -0.2) is 46.5 Å². The van der Waals surface area contributed by atoms with Crippen molar-refractivity contribution in [1.82, 2.24) is 20.2 Å². The Kier molecular flexibility index (Phi) is 5.80. The highest BCUT2D eigenvalue weighted by Crippen LogP contribution is 2.18. The molecule has 3 heterocycles. The van der Waals surface area contributed by atoms with E-state index in [1.54, 1.807) is 6.20 Å². The fourth-order valence-corrected chi connectivity index (χ4v) is 3.08. The van der Waals surface area contributed by atoms with Crippen LogP contribution in [0.4, 0.5) is 0 Å². The number of nitrogens with zero attached hydrogens (tertiary/aromatic N) is 2. The second-order valence-corrected chi connectivity index (χ2v) is 5.62. The molecule has 120 valence electrons. The molecule has 0 aliphatic carbocycles. The van der Waals surface area contributed by atoms with Gasteiger partial charge in [0.1, 0.15) is 5.65 Å². The van der Waals surface area contributed by atoms with Crippen LogP contribution < -0.4 is 5.32 Å². The van der Waals surface area contributed by atoms with Gasteiger partial charge in [0.15, 0.2) is 0 Å². The fourth-order valence-electron chi connectivity index (χ4n) is 3.08. The van der Waals surface area contributed by atoms with Gasteiger partial charge in [-0.1, -0.05) is 6.92 Å². The minimum atomic E-state index is 0. The second-order valence-electron chi connectivity index (χ2n) is 5.62. The van der Waals surface area contributed by atoms with Gasteiger partial charge in [0, 0.05) is 36.9 Å². The number of amides is 1. The summed E-state index contributed by atoms with van der Waals surface area (Å²) in [6, 6.07) is 4.28. The van der Waals surface area contributed by atoms with Gasteiger partial charge in [0.05, 0.1) is 6.42 Å². The summed E-state index contributed by atoms with van der Waals surface area (Å²) in [5.41, 5.74) is 1.89. The van der Waals surface area contributed by atoms with Crippen LogP contribution in [-0.2, 0) is 11.2 Å². The van der Waals surface area contributed by atoms with Crippen molar-refractivity contribution in [2.24, 2.45) is 0 Å². The Labute approximate surface area is 136 Å². The molecule has 1 fully saturated rings. The van der Waals surface area contributed by atoms with Crippen molar-refractivity contribution in [1.29, 1.82) is 0 Å². The number of rotatable bonds is 5. The molecule has 0 bridgehead atoms. The molecule has 2 aromatic heterocycles. The molecule has 0 radical (unpaired) electrons. The molecule has 0 spiro atoms. The van der Waals surface area contributed by atoms with E-state index in [-0.39, 0.29) is 18.3 Å². The molecule has 1 unspecified atom stereocenters. The smallest absolute Gasteiger partial charge is 0.227 e. The molecule has 1 aliphatic heterocycles. The molecular formula is C16H23ClN4O. The molecule has 5 nitrogen and oxygen atoms in total. The number of pyridine rings is 1. The van der Waals surface area contributed by atoms with Crippen LogP contribution in [0, 0.1) is 0 Å². The van der Waals surface area contributed by atoms with Gasteiger partial charge in [-0.15, -0.1) is 12.4 Å². The highest BCUT2D eigenvalue weighted by Gasteiger charge is 2.26. The van der Waals surface area contributed by atoms with Crippen LogP contribution in [0.5, 0.6) is 0 Å². The summed E-state index contributed by atoms with van der Waals surface area (Å²) in [6.07, 6.45) is 6.17.